The molecular weight excluding hydrogens is 472 g/mol. The summed E-state index contributed by atoms with van der Waals surface area (Å²) in [5.41, 5.74) is -0.781. The summed E-state index contributed by atoms with van der Waals surface area (Å²) < 4.78 is 45.9. The number of Topliss-reactive ketones (excluding diaryl/α,β-unsaturated/α-hetero) is 1. The number of hydrogen-bond acceptors (Lipinski definition) is 7. The quantitative estimate of drug-likeness (QED) is 0.489. The van der Waals surface area contributed by atoms with Crippen LogP contribution in [0.15, 0.2) is 34.9 Å². The van der Waals surface area contributed by atoms with Crippen molar-refractivity contribution in [3.63, 3.8) is 0 Å². The number of fused-ring (bicyclic) bond motifs is 2. The Bertz CT molecular complexity index is 1220. The van der Waals surface area contributed by atoms with Gasteiger partial charge in [0.15, 0.2) is 5.76 Å². The van der Waals surface area contributed by atoms with Crippen molar-refractivity contribution in [3.05, 3.63) is 36.3 Å². The van der Waals surface area contributed by atoms with Crippen molar-refractivity contribution < 1.29 is 31.9 Å². The van der Waals surface area contributed by atoms with E-state index >= 15 is 0 Å². The number of rotatable bonds is 10. The van der Waals surface area contributed by atoms with Gasteiger partial charge in [-0.2, -0.15) is 0 Å². The zero-order chi connectivity index (χ0) is 25.4. The molecular formula is C25H32N2O7S. The lowest BCUT2D eigenvalue weighted by molar-refractivity contribution is -0.128. The van der Waals surface area contributed by atoms with E-state index in [1.807, 2.05) is 13.8 Å². The van der Waals surface area contributed by atoms with Crippen molar-refractivity contribution in [2.75, 3.05) is 29.0 Å². The van der Waals surface area contributed by atoms with Gasteiger partial charge in [0.25, 0.3) is 5.91 Å². The van der Waals surface area contributed by atoms with E-state index < -0.39 is 21.3 Å². The van der Waals surface area contributed by atoms with E-state index in [0.717, 1.165) is 6.42 Å². The summed E-state index contributed by atoms with van der Waals surface area (Å²) in [5, 5.41) is 2.72. The highest BCUT2D eigenvalue weighted by molar-refractivity contribution is 7.92. The molecule has 2 aliphatic rings. The van der Waals surface area contributed by atoms with Gasteiger partial charge in [-0.1, -0.05) is 13.8 Å². The van der Waals surface area contributed by atoms with E-state index in [1.54, 1.807) is 19.9 Å². The Hall–Kier alpha value is -3.01. The summed E-state index contributed by atoms with van der Waals surface area (Å²) >= 11 is 0. The van der Waals surface area contributed by atoms with Crippen LogP contribution in [-0.4, -0.2) is 39.1 Å². The first-order valence-corrected chi connectivity index (χ1v) is 13.5. The summed E-state index contributed by atoms with van der Waals surface area (Å²) in [7, 11) is -3.92. The fraction of sp³-hybridized carbons (Fsp3) is 0.520. The summed E-state index contributed by atoms with van der Waals surface area (Å²) in [6, 6.07) is 6.13. The van der Waals surface area contributed by atoms with E-state index in [2.05, 4.69) is 10.0 Å². The molecule has 9 nitrogen and oxygen atoms in total. The fourth-order valence-corrected chi connectivity index (χ4v) is 7.41. The van der Waals surface area contributed by atoms with E-state index in [9.17, 15) is 18.0 Å². The SMILES string of the molecule is CCOc1cc(NS(=O)(=O)C[C@]23CC[C@H](CC2=O)C3(C)C)c(OCC)cc1NC(=O)c1ccco1. The standard InChI is InChI=1S/C25H32N2O7S/c1-5-32-20-14-18(21(33-6-2)13-17(20)26-23(29)19-8-7-11-34-19)27-35(30,31)15-25-10-9-16(12-22(25)28)24(25,3)4/h7-8,11,13-14,16,27H,5-6,9-10,12,15H2,1-4H3,(H,26,29)/t16-,25-/m1/s1. The monoisotopic (exact) mass is 504 g/mol. The van der Waals surface area contributed by atoms with Crippen LogP contribution in [0.5, 0.6) is 11.5 Å². The molecule has 2 aliphatic carbocycles. The average molecular weight is 505 g/mol. The van der Waals surface area contributed by atoms with Crippen LogP contribution in [0.4, 0.5) is 11.4 Å². The molecule has 35 heavy (non-hydrogen) atoms. The second kappa shape index (κ2) is 9.22. The number of furan rings is 1. The maximum absolute atomic E-state index is 13.4. The van der Waals surface area contributed by atoms with Crippen LogP contribution in [0.3, 0.4) is 0 Å². The Kier molecular flexibility index (Phi) is 6.61. The van der Waals surface area contributed by atoms with Gasteiger partial charge < -0.3 is 19.2 Å². The first-order valence-electron chi connectivity index (χ1n) is 11.8. The zero-order valence-electron chi connectivity index (χ0n) is 20.5. The maximum atomic E-state index is 13.4. The number of carbonyl (C=O) groups excluding carboxylic acids is 2. The van der Waals surface area contributed by atoms with Gasteiger partial charge in [-0.15, -0.1) is 0 Å². The molecule has 0 unspecified atom stereocenters. The number of hydrogen-bond donors (Lipinski definition) is 2. The smallest absolute Gasteiger partial charge is 0.291 e. The lowest BCUT2D eigenvalue weighted by Gasteiger charge is -2.36. The van der Waals surface area contributed by atoms with Crippen molar-refractivity contribution in [2.24, 2.45) is 16.7 Å². The van der Waals surface area contributed by atoms with Gasteiger partial charge in [0.05, 0.1) is 42.0 Å². The third kappa shape index (κ3) is 4.51. The van der Waals surface area contributed by atoms with Gasteiger partial charge in [0, 0.05) is 18.6 Å². The number of anilines is 2. The molecule has 1 amide bonds. The predicted octanol–water partition coefficient (Wildman–Crippen LogP) is 4.47. The van der Waals surface area contributed by atoms with E-state index in [4.69, 9.17) is 13.9 Å². The van der Waals surface area contributed by atoms with Gasteiger partial charge in [0.1, 0.15) is 17.3 Å². The minimum Gasteiger partial charge on any atom is -0.492 e. The van der Waals surface area contributed by atoms with E-state index in [0.29, 0.717) is 18.5 Å². The molecule has 2 bridgehead atoms. The number of amides is 1. The van der Waals surface area contributed by atoms with Gasteiger partial charge >= 0.3 is 0 Å². The fourth-order valence-electron chi connectivity index (χ4n) is 5.52. The van der Waals surface area contributed by atoms with Crippen molar-refractivity contribution in [1.82, 2.24) is 0 Å². The second-order valence-electron chi connectivity index (χ2n) is 9.67. The number of sulfonamides is 1. The average Bonchev–Trinajstić information content (AvgIpc) is 3.44. The van der Waals surface area contributed by atoms with Gasteiger partial charge in [-0.25, -0.2) is 8.42 Å². The molecule has 0 spiro atoms. The van der Waals surface area contributed by atoms with Crippen molar-refractivity contribution in [3.8, 4) is 11.5 Å². The molecule has 1 aromatic carbocycles. The Morgan fingerprint density at radius 1 is 1.14 bits per heavy atom. The van der Waals surface area contributed by atoms with Crippen LogP contribution < -0.4 is 19.5 Å². The third-order valence-corrected chi connectivity index (χ3v) is 8.92. The first-order chi connectivity index (χ1) is 16.5. The lowest BCUT2D eigenvalue weighted by atomic mass is 9.70. The molecule has 2 N–H and O–H groups in total. The minimum absolute atomic E-state index is 0.0279. The third-order valence-electron chi connectivity index (χ3n) is 7.52. The lowest BCUT2D eigenvalue weighted by Crippen LogP contribution is -2.43. The highest BCUT2D eigenvalue weighted by atomic mass is 32.2. The molecule has 0 aliphatic heterocycles. The van der Waals surface area contributed by atoms with Crippen LogP contribution in [0.1, 0.15) is 57.5 Å². The summed E-state index contributed by atoms with van der Waals surface area (Å²) in [5.74, 6) is 0.0928. The summed E-state index contributed by atoms with van der Waals surface area (Å²) in [6.07, 6.45) is 3.26. The number of nitrogens with one attached hydrogen (secondary N) is 2. The molecule has 2 fully saturated rings. The predicted molar refractivity (Wildman–Crippen MR) is 131 cm³/mol. The number of carbonyl (C=O) groups is 2. The highest BCUT2D eigenvalue weighted by Crippen LogP contribution is 2.64. The molecule has 2 saturated carbocycles. The number of benzene rings is 1. The van der Waals surface area contributed by atoms with Crippen molar-refractivity contribution in [2.45, 2.75) is 47.0 Å². The molecule has 1 heterocycles. The molecule has 1 aromatic heterocycles. The summed E-state index contributed by atoms with van der Waals surface area (Å²) in [6.45, 7) is 8.11. The van der Waals surface area contributed by atoms with Gasteiger partial charge in [0.2, 0.25) is 10.0 Å². The molecule has 0 radical (unpaired) electrons. The largest absolute Gasteiger partial charge is 0.492 e. The second-order valence-corrected chi connectivity index (χ2v) is 11.4. The zero-order valence-corrected chi connectivity index (χ0v) is 21.3. The first kappa shape index (κ1) is 25.1. The Morgan fingerprint density at radius 3 is 2.34 bits per heavy atom. The topological polar surface area (TPSA) is 124 Å². The van der Waals surface area contributed by atoms with Crippen molar-refractivity contribution in [1.29, 1.82) is 0 Å². The van der Waals surface area contributed by atoms with Crippen LogP contribution >= 0.6 is 0 Å². The number of ketones is 1. The van der Waals surface area contributed by atoms with Crippen LogP contribution in [0.2, 0.25) is 0 Å². The molecule has 4 rings (SSSR count). The molecule has 0 saturated heterocycles. The molecule has 2 aromatic rings. The molecule has 10 heteroatoms. The van der Waals surface area contributed by atoms with Crippen LogP contribution in [0, 0.1) is 16.7 Å². The molecule has 2 atom stereocenters. The minimum atomic E-state index is -3.92. The normalized spacial score (nSPS) is 22.7. The van der Waals surface area contributed by atoms with Crippen molar-refractivity contribution >= 4 is 33.1 Å². The Balaban J connectivity index is 1.65. The number of ether oxygens (including phenoxy) is 2. The van der Waals surface area contributed by atoms with Gasteiger partial charge in [-0.3, -0.25) is 14.3 Å². The summed E-state index contributed by atoms with van der Waals surface area (Å²) in [4.78, 5) is 25.4. The maximum Gasteiger partial charge on any atom is 0.291 e. The Morgan fingerprint density at radius 2 is 1.80 bits per heavy atom. The van der Waals surface area contributed by atoms with Gasteiger partial charge in [-0.05, 0) is 50.2 Å². The Labute approximate surface area is 205 Å². The van der Waals surface area contributed by atoms with E-state index in [1.165, 1.54) is 24.5 Å². The van der Waals surface area contributed by atoms with Crippen LogP contribution in [0.25, 0.3) is 0 Å². The van der Waals surface area contributed by atoms with E-state index in [-0.39, 0.29) is 59.0 Å². The molecule has 190 valence electrons. The van der Waals surface area contributed by atoms with Crippen LogP contribution in [-0.2, 0) is 14.8 Å². The highest BCUT2D eigenvalue weighted by Gasteiger charge is 2.65.